The number of carbonyl (C=O) groups excluding carboxylic acids is 2. The van der Waals surface area contributed by atoms with Crippen molar-refractivity contribution in [2.24, 2.45) is 5.92 Å². The molecule has 5 heteroatoms. The summed E-state index contributed by atoms with van der Waals surface area (Å²) < 4.78 is 0. The monoisotopic (exact) mass is 211 g/mol. The highest BCUT2D eigenvalue weighted by atomic mass is 16.2. The zero-order valence-corrected chi connectivity index (χ0v) is 8.95. The summed E-state index contributed by atoms with van der Waals surface area (Å²) in [6, 6.07) is -0.289. The molecule has 0 radical (unpaired) electrons. The molecule has 2 fully saturated rings. The molecular weight excluding hydrogens is 194 g/mol. The third-order valence-corrected chi connectivity index (χ3v) is 3.18. The van der Waals surface area contributed by atoms with Crippen molar-refractivity contribution in [1.82, 2.24) is 15.5 Å². The first kappa shape index (κ1) is 10.4. The SMILES string of the molecule is CN1CCC(NC(=O)[C@H]2CCNC2)C1=O. The maximum atomic E-state index is 11.7. The van der Waals surface area contributed by atoms with Gasteiger partial charge in [0.05, 0.1) is 5.92 Å². The van der Waals surface area contributed by atoms with Crippen molar-refractivity contribution in [2.45, 2.75) is 18.9 Å². The van der Waals surface area contributed by atoms with Crippen molar-refractivity contribution >= 4 is 11.8 Å². The first-order chi connectivity index (χ1) is 7.18. The molecule has 2 aliphatic heterocycles. The van der Waals surface area contributed by atoms with Gasteiger partial charge in [-0.1, -0.05) is 0 Å². The fourth-order valence-electron chi connectivity index (χ4n) is 2.12. The number of likely N-dealkylation sites (tertiary alicyclic amines) is 1. The van der Waals surface area contributed by atoms with Gasteiger partial charge in [-0.2, -0.15) is 0 Å². The Kier molecular flexibility index (Phi) is 2.90. The molecule has 84 valence electrons. The van der Waals surface area contributed by atoms with Crippen molar-refractivity contribution in [3.05, 3.63) is 0 Å². The van der Waals surface area contributed by atoms with E-state index >= 15 is 0 Å². The van der Waals surface area contributed by atoms with Crippen LogP contribution in [0, 0.1) is 5.92 Å². The van der Waals surface area contributed by atoms with Crippen molar-refractivity contribution in [3.63, 3.8) is 0 Å². The average molecular weight is 211 g/mol. The van der Waals surface area contributed by atoms with Crippen LogP contribution in [-0.2, 0) is 9.59 Å². The van der Waals surface area contributed by atoms with Gasteiger partial charge in [0.15, 0.2) is 0 Å². The van der Waals surface area contributed by atoms with E-state index in [2.05, 4.69) is 10.6 Å². The second-order valence-corrected chi connectivity index (χ2v) is 4.30. The normalized spacial score (nSPS) is 31.0. The molecule has 5 nitrogen and oxygen atoms in total. The zero-order valence-electron chi connectivity index (χ0n) is 8.95. The first-order valence-electron chi connectivity index (χ1n) is 5.44. The molecule has 2 amide bonds. The Labute approximate surface area is 89.2 Å². The highest BCUT2D eigenvalue weighted by Crippen LogP contribution is 2.12. The maximum absolute atomic E-state index is 11.7. The minimum atomic E-state index is -0.289. The van der Waals surface area contributed by atoms with Gasteiger partial charge in [0.1, 0.15) is 6.04 Å². The van der Waals surface area contributed by atoms with Crippen LogP contribution in [0.1, 0.15) is 12.8 Å². The third-order valence-electron chi connectivity index (χ3n) is 3.18. The van der Waals surface area contributed by atoms with Crippen molar-refractivity contribution in [3.8, 4) is 0 Å². The second-order valence-electron chi connectivity index (χ2n) is 4.30. The number of rotatable bonds is 2. The Hall–Kier alpha value is -1.10. The number of amides is 2. The molecule has 2 N–H and O–H groups in total. The van der Waals surface area contributed by atoms with Crippen LogP contribution in [0.4, 0.5) is 0 Å². The second kappa shape index (κ2) is 4.18. The minimum Gasteiger partial charge on any atom is -0.344 e. The van der Waals surface area contributed by atoms with Crippen LogP contribution >= 0.6 is 0 Å². The summed E-state index contributed by atoms with van der Waals surface area (Å²) >= 11 is 0. The zero-order chi connectivity index (χ0) is 10.8. The van der Waals surface area contributed by atoms with Crippen LogP contribution < -0.4 is 10.6 Å². The number of hydrogen-bond donors (Lipinski definition) is 2. The number of hydrogen-bond acceptors (Lipinski definition) is 3. The van der Waals surface area contributed by atoms with E-state index in [4.69, 9.17) is 0 Å². The van der Waals surface area contributed by atoms with Gasteiger partial charge in [-0.3, -0.25) is 9.59 Å². The van der Waals surface area contributed by atoms with Crippen LogP contribution in [0.3, 0.4) is 0 Å². The Bertz CT molecular complexity index is 274. The Morgan fingerprint density at radius 1 is 1.53 bits per heavy atom. The van der Waals surface area contributed by atoms with Gasteiger partial charge in [0, 0.05) is 20.1 Å². The molecule has 0 bridgehead atoms. The van der Waals surface area contributed by atoms with Crippen LogP contribution in [-0.4, -0.2) is 49.4 Å². The molecule has 2 rings (SSSR count). The van der Waals surface area contributed by atoms with Crippen LogP contribution in [0.5, 0.6) is 0 Å². The molecule has 2 saturated heterocycles. The third kappa shape index (κ3) is 2.12. The lowest BCUT2D eigenvalue weighted by Gasteiger charge is -2.14. The predicted molar refractivity (Wildman–Crippen MR) is 55.2 cm³/mol. The van der Waals surface area contributed by atoms with E-state index in [-0.39, 0.29) is 23.8 Å². The summed E-state index contributed by atoms with van der Waals surface area (Å²) in [4.78, 5) is 24.9. The number of likely N-dealkylation sites (N-methyl/N-ethyl adjacent to an activating group) is 1. The van der Waals surface area contributed by atoms with Crippen LogP contribution in [0.15, 0.2) is 0 Å². The molecule has 0 aromatic carbocycles. The topological polar surface area (TPSA) is 61.4 Å². The Morgan fingerprint density at radius 3 is 2.87 bits per heavy atom. The molecule has 2 heterocycles. The molecule has 0 aromatic rings. The van der Waals surface area contributed by atoms with E-state index in [9.17, 15) is 9.59 Å². The standard InChI is InChI=1S/C10H17N3O2/c1-13-5-3-8(10(13)15)12-9(14)7-2-4-11-6-7/h7-8,11H,2-6H2,1H3,(H,12,14)/t7-,8?/m0/s1. The molecule has 1 unspecified atom stereocenters. The first-order valence-corrected chi connectivity index (χ1v) is 5.44. The Balaban J connectivity index is 1.86. The summed E-state index contributed by atoms with van der Waals surface area (Å²) in [6.07, 6.45) is 1.61. The molecule has 15 heavy (non-hydrogen) atoms. The van der Waals surface area contributed by atoms with Crippen LogP contribution in [0.25, 0.3) is 0 Å². The quantitative estimate of drug-likeness (QED) is 0.612. The van der Waals surface area contributed by atoms with Crippen molar-refractivity contribution < 1.29 is 9.59 Å². The van der Waals surface area contributed by atoms with E-state index in [0.717, 1.165) is 32.5 Å². The largest absolute Gasteiger partial charge is 0.344 e. The van der Waals surface area contributed by atoms with Gasteiger partial charge in [-0.25, -0.2) is 0 Å². The molecule has 2 atom stereocenters. The lowest BCUT2D eigenvalue weighted by Crippen LogP contribution is -2.43. The minimum absolute atomic E-state index is 0.0219. The highest BCUT2D eigenvalue weighted by molar-refractivity contribution is 5.89. The summed E-state index contributed by atoms with van der Waals surface area (Å²) in [6.45, 7) is 2.38. The van der Waals surface area contributed by atoms with Gasteiger partial charge >= 0.3 is 0 Å². The molecule has 0 spiro atoms. The number of carbonyl (C=O) groups is 2. The maximum Gasteiger partial charge on any atom is 0.244 e. The molecule has 0 aliphatic carbocycles. The van der Waals surface area contributed by atoms with Crippen LogP contribution in [0.2, 0.25) is 0 Å². The summed E-state index contributed by atoms with van der Waals surface area (Å²) in [7, 11) is 1.77. The van der Waals surface area contributed by atoms with Gasteiger partial charge < -0.3 is 15.5 Å². The molecule has 0 saturated carbocycles. The highest BCUT2D eigenvalue weighted by Gasteiger charge is 2.32. The lowest BCUT2D eigenvalue weighted by molar-refractivity contribution is -0.133. The summed E-state index contributed by atoms with van der Waals surface area (Å²) in [5, 5.41) is 5.97. The predicted octanol–water partition coefficient (Wildman–Crippen LogP) is -1.06. The van der Waals surface area contributed by atoms with E-state index in [1.807, 2.05) is 0 Å². The Morgan fingerprint density at radius 2 is 2.33 bits per heavy atom. The molecule has 0 aromatic heterocycles. The number of nitrogens with zero attached hydrogens (tertiary/aromatic N) is 1. The van der Waals surface area contributed by atoms with E-state index in [1.165, 1.54) is 0 Å². The smallest absolute Gasteiger partial charge is 0.244 e. The lowest BCUT2D eigenvalue weighted by atomic mass is 10.1. The van der Waals surface area contributed by atoms with Crippen molar-refractivity contribution in [2.75, 3.05) is 26.7 Å². The van der Waals surface area contributed by atoms with Crippen molar-refractivity contribution in [1.29, 1.82) is 0 Å². The van der Waals surface area contributed by atoms with Gasteiger partial charge in [0.2, 0.25) is 11.8 Å². The summed E-state index contributed by atoms with van der Waals surface area (Å²) in [5.74, 6) is 0.103. The fourth-order valence-corrected chi connectivity index (χ4v) is 2.12. The van der Waals surface area contributed by atoms with E-state index < -0.39 is 0 Å². The van der Waals surface area contributed by atoms with Gasteiger partial charge in [-0.05, 0) is 19.4 Å². The molecular formula is C10H17N3O2. The van der Waals surface area contributed by atoms with Gasteiger partial charge in [0.25, 0.3) is 0 Å². The average Bonchev–Trinajstić information content (AvgIpc) is 2.83. The molecule has 2 aliphatic rings. The van der Waals surface area contributed by atoms with Gasteiger partial charge in [-0.15, -0.1) is 0 Å². The summed E-state index contributed by atoms with van der Waals surface area (Å²) in [5.41, 5.74) is 0. The number of nitrogens with one attached hydrogen (secondary N) is 2. The van der Waals surface area contributed by atoms with E-state index in [1.54, 1.807) is 11.9 Å². The van der Waals surface area contributed by atoms with E-state index in [0.29, 0.717) is 0 Å². The fraction of sp³-hybridized carbons (Fsp3) is 0.800.